The van der Waals surface area contributed by atoms with Crippen LogP contribution in [-0.2, 0) is 6.42 Å². The zero-order valence-electron chi connectivity index (χ0n) is 18.3. The Bertz CT molecular complexity index is 865. The van der Waals surface area contributed by atoms with Gasteiger partial charge in [-0.25, -0.2) is 0 Å². The van der Waals surface area contributed by atoms with Crippen LogP contribution < -0.4 is 20.5 Å². The highest BCUT2D eigenvalue weighted by Crippen LogP contribution is 2.29. The molecule has 1 aliphatic heterocycles. The minimum absolute atomic E-state index is 0.180. The van der Waals surface area contributed by atoms with Crippen molar-refractivity contribution in [3.63, 3.8) is 0 Å². The Kier molecular flexibility index (Phi) is 8.43. The van der Waals surface area contributed by atoms with Crippen LogP contribution >= 0.6 is 11.6 Å². The molecular formula is C24H32ClN3O3. The highest BCUT2D eigenvalue weighted by Gasteiger charge is 2.21. The monoisotopic (exact) mass is 445 g/mol. The number of rotatable bonds is 9. The number of hydrogen-bond acceptors (Lipinski definition) is 5. The average molecular weight is 446 g/mol. The summed E-state index contributed by atoms with van der Waals surface area (Å²) in [6.07, 6.45) is 4.39. The largest absolute Gasteiger partial charge is 0.497 e. The normalized spacial score (nSPS) is 14.9. The summed E-state index contributed by atoms with van der Waals surface area (Å²) in [6.45, 7) is 3.90. The maximum Gasteiger partial charge on any atom is 0.255 e. The molecule has 1 amide bonds. The van der Waals surface area contributed by atoms with Crippen LogP contribution in [-0.4, -0.2) is 51.2 Å². The summed E-state index contributed by atoms with van der Waals surface area (Å²) in [5, 5.41) is 3.39. The SMILES string of the molecule is COc1ccc(CCCN2CCC(CNC(=O)c3cc(Cl)c(N)cc3OC)CC2)cc1. The predicted molar refractivity (Wildman–Crippen MR) is 125 cm³/mol. The number of anilines is 1. The first-order valence-electron chi connectivity index (χ1n) is 10.8. The van der Waals surface area contributed by atoms with Gasteiger partial charge >= 0.3 is 0 Å². The molecule has 0 bridgehead atoms. The van der Waals surface area contributed by atoms with E-state index in [9.17, 15) is 4.79 Å². The van der Waals surface area contributed by atoms with Gasteiger partial charge in [0.15, 0.2) is 0 Å². The molecule has 0 aliphatic carbocycles. The molecule has 0 spiro atoms. The number of halogens is 1. The van der Waals surface area contributed by atoms with E-state index < -0.39 is 0 Å². The van der Waals surface area contributed by atoms with E-state index in [1.165, 1.54) is 12.7 Å². The van der Waals surface area contributed by atoms with E-state index >= 15 is 0 Å². The molecule has 6 nitrogen and oxygen atoms in total. The molecule has 1 fully saturated rings. The lowest BCUT2D eigenvalue weighted by molar-refractivity contribution is 0.0933. The van der Waals surface area contributed by atoms with Gasteiger partial charge in [-0.2, -0.15) is 0 Å². The molecule has 0 aromatic heterocycles. The highest BCUT2D eigenvalue weighted by atomic mass is 35.5. The molecule has 1 aliphatic rings. The molecule has 3 N–H and O–H groups in total. The first-order chi connectivity index (χ1) is 15.0. The Labute approximate surface area is 189 Å². The Hall–Kier alpha value is -2.44. The summed E-state index contributed by atoms with van der Waals surface area (Å²) in [5.74, 6) is 1.64. The van der Waals surface area contributed by atoms with E-state index in [1.807, 2.05) is 12.1 Å². The van der Waals surface area contributed by atoms with Gasteiger partial charge in [0.1, 0.15) is 11.5 Å². The molecule has 0 radical (unpaired) electrons. The number of aryl methyl sites for hydroxylation is 1. The lowest BCUT2D eigenvalue weighted by atomic mass is 9.96. The number of carbonyl (C=O) groups is 1. The second kappa shape index (κ2) is 11.3. The summed E-state index contributed by atoms with van der Waals surface area (Å²) >= 11 is 6.07. The summed E-state index contributed by atoms with van der Waals surface area (Å²) in [5.41, 5.74) is 7.95. The fourth-order valence-corrected chi connectivity index (χ4v) is 4.12. The van der Waals surface area contributed by atoms with E-state index in [0.29, 0.717) is 34.5 Å². The van der Waals surface area contributed by atoms with E-state index in [4.69, 9.17) is 26.8 Å². The van der Waals surface area contributed by atoms with E-state index in [-0.39, 0.29) is 5.91 Å². The Morgan fingerprint density at radius 3 is 2.52 bits per heavy atom. The fourth-order valence-electron chi connectivity index (χ4n) is 3.96. The van der Waals surface area contributed by atoms with Crippen molar-refractivity contribution >= 4 is 23.2 Å². The van der Waals surface area contributed by atoms with Crippen molar-refractivity contribution < 1.29 is 14.3 Å². The number of hydrogen-bond donors (Lipinski definition) is 2. The summed E-state index contributed by atoms with van der Waals surface area (Å²) in [4.78, 5) is 15.1. The maximum absolute atomic E-state index is 12.6. The van der Waals surface area contributed by atoms with Crippen LogP contribution in [0.4, 0.5) is 5.69 Å². The van der Waals surface area contributed by atoms with Crippen molar-refractivity contribution in [2.45, 2.75) is 25.7 Å². The molecule has 1 heterocycles. The standard InChI is InChI=1S/C24H32ClN3O3/c1-30-19-7-5-17(6-8-19)4-3-11-28-12-9-18(10-13-28)16-27-24(29)20-14-21(25)22(26)15-23(20)31-2/h5-8,14-15,18H,3-4,9-13,16,26H2,1-2H3,(H,27,29). The summed E-state index contributed by atoms with van der Waals surface area (Å²) < 4.78 is 10.5. The molecule has 7 heteroatoms. The number of piperidine rings is 1. The first kappa shape index (κ1) is 23.2. The number of amides is 1. The van der Waals surface area contributed by atoms with Crippen molar-refractivity contribution in [1.29, 1.82) is 0 Å². The van der Waals surface area contributed by atoms with Crippen LogP contribution in [0.15, 0.2) is 36.4 Å². The highest BCUT2D eigenvalue weighted by molar-refractivity contribution is 6.33. The Morgan fingerprint density at radius 1 is 1.16 bits per heavy atom. The van der Waals surface area contributed by atoms with Crippen molar-refractivity contribution in [2.75, 3.05) is 46.1 Å². The molecule has 2 aromatic carbocycles. The van der Waals surface area contributed by atoms with Crippen molar-refractivity contribution in [1.82, 2.24) is 10.2 Å². The number of carbonyl (C=O) groups excluding carboxylic acids is 1. The van der Waals surface area contributed by atoms with Gasteiger partial charge in [0, 0.05) is 12.6 Å². The minimum Gasteiger partial charge on any atom is -0.497 e. The van der Waals surface area contributed by atoms with Gasteiger partial charge in [0.25, 0.3) is 5.91 Å². The van der Waals surface area contributed by atoms with Crippen LogP contribution in [0.5, 0.6) is 11.5 Å². The van der Waals surface area contributed by atoms with E-state index in [0.717, 1.165) is 51.1 Å². The molecule has 168 valence electrons. The van der Waals surface area contributed by atoms with E-state index in [1.54, 1.807) is 19.2 Å². The third-order valence-corrected chi connectivity index (χ3v) is 6.25. The zero-order valence-corrected chi connectivity index (χ0v) is 19.1. The quantitative estimate of drug-likeness (QED) is 0.570. The summed E-state index contributed by atoms with van der Waals surface area (Å²) in [6, 6.07) is 11.5. The molecule has 0 saturated carbocycles. The number of nitrogen functional groups attached to an aromatic ring is 1. The van der Waals surface area contributed by atoms with Crippen molar-refractivity contribution in [2.24, 2.45) is 5.92 Å². The number of nitrogens with two attached hydrogens (primary N) is 1. The van der Waals surface area contributed by atoms with Gasteiger partial charge in [-0.05, 0) is 75.0 Å². The van der Waals surface area contributed by atoms with Gasteiger partial charge in [0.2, 0.25) is 0 Å². The first-order valence-corrected chi connectivity index (χ1v) is 11.1. The van der Waals surface area contributed by atoms with Gasteiger partial charge in [-0.3, -0.25) is 4.79 Å². The maximum atomic E-state index is 12.6. The second-order valence-electron chi connectivity index (χ2n) is 8.02. The van der Waals surface area contributed by atoms with Crippen molar-refractivity contribution in [3.05, 3.63) is 52.5 Å². The number of nitrogens with zero attached hydrogens (tertiary/aromatic N) is 1. The molecule has 31 heavy (non-hydrogen) atoms. The zero-order chi connectivity index (χ0) is 22.2. The number of nitrogens with one attached hydrogen (secondary N) is 1. The topological polar surface area (TPSA) is 76.8 Å². The van der Waals surface area contributed by atoms with E-state index in [2.05, 4.69) is 22.3 Å². The van der Waals surface area contributed by atoms with Crippen LogP contribution in [0.2, 0.25) is 5.02 Å². The lowest BCUT2D eigenvalue weighted by Crippen LogP contribution is -2.39. The minimum atomic E-state index is -0.180. The van der Waals surface area contributed by atoms with Crippen LogP contribution in [0.1, 0.15) is 35.2 Å². The Balaban J connectivity index is 1.38. The predicted octanol–water partition coefficient (Wildman–Crippen LogP) is 4.01. The second-order valence-corrected chi connectivity index (χ2v) is 8.43. The molecular weight excluding hydrogens is 414 g/mol. The molecule has 3 rings (SSSR count). The molecule has 0 atom stereocenters. The van der Waals surface area contributed by atoms with Crippen LogP contribution in [0.3, 0.4) is 0 Å². The number of likely N-dealkylation sites (tertiary alicyclic amines) is 1. The third-order valence-electron chi connectivity index (χ3n) is 5.92. The van der Waals surface area contributed by atoms with Gasteiger partial charge in [0.05, 0.1) is 30.5 Å². The van der Waals surface area contributed by atoms with Gasteiger partial charge in [-0.1, -0.05) is 23.7 Å². The van der Waals surface area contributed by atoms with Crippen LogP contribution in [0.25, 0.3) is 0 Å². The number of methoxy groups -OCH3 is 2. The number of benzene rings is 2. The average Bonchev–Trinajstić information content (AvgIpc) is 2.80. The number of ether oxygens (including phenoxy) is 2. The molecule has 2 aromatic rings. The fraction of sp³-hybridized carbons (Fsp3) is 0.458. The smallest absolute Gasteiger partial charge is 0.255 e. The Morgan fingerprint density at radius 2 is 1.87 bits per heavy atom. The lowest BCUT2D eigenvalue weighted by Gasteiger charge is -2.32. The summed E-state index contributed by atoms with van der Waals surface area (Å²) in [7, 11) is 3.21. The van der Waals surface area contributed by atoms with Gasteiger partial charge < -0.3 is 25.4 Å². The third kappa shape index (κ3) is 6.52. The molecule has 1 saturated heterocycles. The molecule has 0 unspecified atom stereocenters. The van der Waals surface area contributed by atoms with Gasteiger partial charge in [-0.15, -0.1) is 0 Å². The van der Waals surface area contributed by atoms with Crippen LogP contribution in [0, 0.1) is 5.92 Å². The van der Waals surface area contributed by atoms with Crippen molar-refractivity contribution in [3.8, 4) is 11.5 Å².